The average Bonchev–Trinajstić information content (AvgIpc) is 3.01. The molecule has 1 aliphatic heterocycles. The Morgan fingerprint density at radius 1 is 1.07 bits per heavy atom. The molecule has 7 nitrogen and oxygen atoms in total. The number of nitrogens with one attached hydrogen (secondary N) is 2. The van der Waals surface area contributed by atoms with Crippen molar-refractivity contribution in [2.24, 2.45) is 0 Å². The molecule has 0 radical (unpaired) electrons. The number of anilines is 2. The highest BCUT2D eigenvalue weighted by Gasteiger charge is 2.34. The van der Waals surface area contributed by atoms with Gasteiger partial charge in [-0.1, -0.05) is 37.3 Å². The number of halogens is 4. The van der Waals surface area contributed by atoms with Crippen molar-refractivity contribution in [2.75, 3.05) is 38.7 Å². The number of nitrogens with zero attached hydrogens (tertiary/aromatic N) is 2. The summed E-state index contributed by atoms with van der Waals surface area (Å²) >= 11 is 0. The fourth-order valence-corrected chi connectivity index (χ4v) is 5.48. The maximum absolute atomic E-state index is 15.2. The first kappa shape index (κ1) is 34.2. The summed E-state index contributed by atoms with van der Waals surface area (Å²) in [6, 6.07) is 14.0. The standard InChI is InChI=1S/C34H42F4N4O3/c1-22(2)42-14-10-26(11-15-42)40-33(43)27-19-31(44-4)30(20-29(27)35)41-32-18-25(28(21-39-32)34(36,37)38)13-17-45-16-12-23(3)24-8-6-5-7-9-24/h5-9,18-23,26H,10-17H2,1-4H3,(H,39,41)(H,40,43). The van der Waals surface area contributed by atoms with Crippen LogP contribution in [0.25, 0.3) is 0 Å². The van der Waals surface area contributed by atoms with E-state index < -0.39 is 23.5 Å². The van der Waals surface area contributed by atoms with E-state index >= 15 is 4.39 Å². The van der Waals surface area contributed by atoms with Gasteiger partial charge in [0.05, 0.1) is 30.5 Å². The van der Waals surface area contributed by atoms with Crippen LogP contribution in [0, 0.1) is 5.82 Å². The highest BCUT2D eigenvalue weighted by molar-refractivity contribution is 5.96. The highest BCUT2D eigenvalue weighted by Crippen LogP contribution is 2.35. The summed E-state index contributed by atoms with van der Waals surface area (Å²) in [6.07, 6.45) is -1.58. The van der Waals surface area contributed by atoms with Crippen LogP contribution < -0.4 is 15.4 Å². The SMILES string of the molecule is COc1cc(C(=O)NC2CCN(C(C)C)CC2)c(F)cc1Nc1cc(CCOCCC(C)c2ccccc2)c(C(F)(F)F)cn1. The second-order valence-corrected chi connectivity index (χ2v) is 11.7. The van der Waals surface area contributed by atoms with E-state index in [0.717, 1.165) is 44.6 Å². The molecule has 0 spiro atoms. The zero-order chi connectivity index (χ0) is 32.6. The summed E-state index contributed by atoms with van der Waals surface area (Å²) in [5.74, 6) is -0.864. The number of alkyl halides is 3. The summed E-state index contributed by atoms with van der Waals surface area (Å²) in [5, 5.41) is 5.77. The van der Waals surface area contributed by atoms with Crippen molar-refractivity contribution in [2.45, 2.75) is 70.6 Å². The highest BCUT2D eigenvalue weighted by atomic mass is 19.4. The Balaban J connectivity index is 1.41. The van der Waals surface area contributed by atoms with Gasteiger partial charge in [0.25, 0.3) is 5.91 Å². The zero-order valence-electron chi connectivity index (χ0n) is 26.2. The van der Waals surface area contributed by atoms with Crippen molar-refractivity contribution in [1.82, 2.24) is 15.2 Å². The molecule has 45 heavy (non-hydrogen) atoms. The van der Waals surface area contributed by atoms with Gasteiger partial charge in [0.15, 0.2) is 0 Å². The first-order valence-electron chi connectivity index (χ1n) is 15.3. The number of ether oxygens (including phenoxy) is 2. The summed E-state index contributed by atoms with van der Waals surface area (Å²) in [5.41, 5.74) is 0.256. The maximum Gasteiger partial charge on any atom is 0.418 e. The molecule has 2 N–H and O–H groups in total. The number of amides is 1. The zero-order valence-corrected chi connectivity index (χ0v) is 26.2. The van der Waals surface area contributed by atoms with Crippen LogP contribution in [0.4, 0.5) is 29.1 Å². The Hall–Kier alpha value is -3.70. The van der Waals surface area contributed by atoms with E-state index in [4.69, 9.17) is 9.47 Å². The van der Waals surface area contributed by atoms with Crippen molar-refractivity contribution in [3.63, 3.8) is 0 Å². The molecule has 2 heterocycles. The van der Waals surface area contributed by atoms with E-state index in [-0.39, 0.29) is 53.4 Å². The number of pyridine rings is 1. The van der Waals surface area contributed by atoms with Crippen LogP contribution in [-0.4, -0.2) is 61.3 Å². The smallest absolute Gasteiger partial charge is 0.418 e. The van der Waals surface area contributed by atoms with Crippen molar-refractivity contribution in [3.8, 4) is 5.75 Å². The van der Waals surface area contributed by atoms with Gasteiger partial charge in [0.2, 0.25) is 0 Å². The number of carbonyl (C=O) groups is 1. The molecular weight excluding hydrogens is 588 g/mol. The average molecular weight is 631 g/mol. The summed E-state index contributed by atoms with van der Waals surface area (Å²) in [6.45, 7) is 8.52. The van der Waals surface area contributed by atoms with Gasteiger partial charge in [-0.15, -0.1) is 0 Å². The first-order valence-corrected chi connectivity index (χ1v) is 15.3. The lowest BCUT2D eigenvalue weighted by molar-refractivity contribution is -0.138. The molecule has 1 amide bonds. The maximum atomic E-state index is 15.2. The number of piperidine rings is 1. The topological polar surface area (TPSA) is 75.7 Å². The van der Waals surface area contributed by atoms with Crippen LogP contribution in [0.5, 0.6) is 5.75 Å². The predicted octanol–water partition coefficient (Wildman–Crippen LogP) is 7.35. The van der Waals surface area contributed by atoms with E-state index in [0.29, 0.717) is 12.6 Å². The third kappa shape index (κ3) is 9.40. The largest absolute Gasteiger partial charge is 0.495 e. The van der Waals surface area contributed by atoms with Crippen molar-refractivity contribution < 1.29 is 31.8 Å². The summed E-state index contributed by atoms with van der Waals surface area (Å²) in [7, 11) is 1.36. The fourth-order valence-electron chi connectivity index (χ4n) is 5.48. The molecule has 2 aromatic carbocycles. The van der Waals surface area contributed by atoms with Gasteiger partial charge in [0.1, 0.15) is 17.4 Å². The normalized spacial score (nSPS) is 15.2. The Morgan fingerprint density at radius 3 is 2.42 bits per heavy atom. The van der Waals surface area contributed by atoms with Crippen molar-refractivity contribution >= 4 is 17.4 Å². The minimum absolute atomic E-state index is 0.00458. The molecule has 0 saturated carbocycles. The molecule has 244 valence electrons. The Morgan fingerprint density at radius 2 is 1.78 bits per heavy atom. The molecular formula is C34H42F4N4O3. The number of aromatic nitrogens is 1. The van der Waals surface area contributed by atoms with Crippen LogP contribution in [0.15, 0.2) is 54.7 Å². The van der Waals surface area contributed by atoms with E-state index in [1.54, 1.807) is 0 Å². The summed E-state index contributed by atoms with van der Waals surface area (Å²) in [4.78, 5) is 19.2. The number of hydrogen-bond acceptors (Lipinski definition) is 6. The van der Waals surface area contributed by atoms with Crippen LogP contribution in [0.3, 0.4) is 0 Å². The molecule has 1 saturated heterocycles. The molecule has 4 rings (SSSR count). The molecule has 1 aromatic heterocycles. The number of methoxy groups -OCH3 is 1. The Bertz CT molecular complexity index is 1410. The van der Waals surface area contributed by atoms with Crippen LogP contribution >= 0.6 is 0 Å². The molecule has 11 heteroatoms. The van der Waals surface area contributed by atoms with Crippen LogP contribution in [0.2, 0.25) is 0 Å². The number of likely N-dealkylation sites (tertiary alicyclic amines) is 1. The van der Waals surface area contributed by atoms with Gasteiger partial charge in [-0.2, -0.15) is 13.2 Å². The minimum atomic E-state index is -4.60. The number of hydrogen-bond donors (Lipinski definition) is 2. The van der Waals surface area contributed by atoms with E-state index in [1.807, 2.05) is 30.3 Å². The lowest BCUT2D eigenvalue weighted by atomic mass is 9.98. The molecule has 1 aliphatic rings. The van der Waals surface area contributed by atoms with E-state index in [2.05, 4.69) is 41.3 Å². The predicted molar refractivity (Wildman–Crippen MR) is 167 cm³/mol. The molecule has 1 atom stereocenters. The lowest BCUT2D eigenvalue weighted by Crippen LogP contribution is -2.46. The molecule has 1 unspecified atom stereocenters. The number of benzene rings is 2. The molecule has 0 bridgehead atoms. The van der Waals surface area contributed by atoms with E-state index in [9.17, 15) is 18.0 Å². The quantitative estimate of drug-likeness (QED) is 0.152. The first-order chi connectivity index (χ1) is 21.5. The second kappa shape index (κ2) is 15.5. The third-order valence-electron chi connectivity index (χ3n) is 8.27. The van der Waals surface area contributed by atoms with Crippen molar-refractivity contribution in [1.29, 1.82) is 0 Å². The van der Waals surface area contributed by atoms with E-state index in [1.165, 1.54) is 24.8 Å². The Labute approximate surface area is 262 Å². The van der Waals surface area contributed by atoms with Crippen molar-refractivity contribution in [3.05, 3.63) is 82.8 Å². The van der Waals surface area contributed by atoms with Gasteiger partial charge < -0.3 is 25.0 Å². The third-order valence-corrected chi connectivity index (χ3v) is 8.27. The number of rotatable bonds is 13. The molecule has 3 aromatic rings. The van der Waals surface area contributed by atoms with Crippen LogP contribution in [-0.2, 0) is 17.3 Å². The van der Waals surface area contributed by atoms with Gasteiger partial charge in [-0.25, -0.2) is 9.37 Å². The lowest BCUT2D eigenvalue weighted by Gasteiger charge is -2.34. The monoisotopic (exact) mass is 630 g/mol. The Kier molecular flexibility index (Phi) is 11.8. The van der Waals surface area contributed by atoms with Gasteiger partial charge in [-0.3, -0.25) is 4.79 Å². The van der Waals surface area contributed by atoms with Gasteiger partial charge in [-0.05, 0) is 68.7 Å². The second-order valence-electron chi connectivity index (χ2n) is 11.7. The number of carbonyl (C=O) groups excluding carboxylic acids is 1. The summed E-state index contributed by atoms with van der Waals surface area (Å²) < 4.78 is 67.6. The minimum Gasteiger partial charge on any atom is -0.495 e. The molecule has 1 fully saturated rings. The van der Waals surface area contributed by atoms with Gasteiger partial charge in [0, 0.05) is 44.0 Å². The molecule has 0 aliphatic carbocycles. The fraction of sp³-hybridized carbons (Fsp3) is 0.471. The van der Waals surface area contributed by atoms with Gasteiger partial charge >= 0.3 is 6.18 Å². The van der Waals surface area contributed by atoms with Crippen LogP contribution in [0.1, 0.15) is 73.0 Å².